The number of fused-ring (bicyclic) bond motifs is 1. The third kappa shape index (κ3) is 1.70. The highest BCUT2D eigenvalue weighted by Crippen LogP contribution is 2.31. The minimum absolute atomic E-state index is 0.410. The van der Waals surface area contributed by atoms with Crippen LogP contribution in [0.25, 0.3) is 6.08 Å². The highest BCUT2D eigenvalue weighted by Gasteiger charge is 2.28. The SMILES string of the molecule is CCNCC1=Cc2ccccc2S1(=O)=O. The first-order valence-corrected chi connectivity index (χ1v) is 6.40. The zero-order valence-electron chi connectivity index (χ0n) is 8.53. The van der Waals surface area contributed by atoms with E-state index in [1.807, 2.05) is 19.1 Å². The lowest BCUT2D eigenvalue weighted by Crippen LogP contribution is -2.19. The summed E-state index contributed by atoms with van der Waals surface area (Å²) < 4.78 is 24.0. The Labute approximate surface area is 89.7 Å². The van der Waals surface area contributed by atoms with Gasteiger partial charge in [0.25, 0.3) is 0 Å². The summed E-state index contributed by atoms with van der Waals surface area (Å²) in [5, 5.41) is 3.03. The van der Waals surface area contributed by atoms with Crippen LogP contribution in [-0.4, -0.2) is 21.5 Å². The van der Waals surface area contributed by atoms with Crippen LogP contribution in [0.3, 0.4) is 0 Å². The normalized spacial score (nSPS) is 17.3. The van der Waals surface area contributed by atoms with Crippen LogP contribution in [0.2, 0.25) is 0 Å². The largest absolute Gasteiger partial charge is 0.312 e. The van der Waals surface area contributed by atoms with Crippen molar-refractivity contribution in [2.75, 3.05) is 13.1 Å². The fourth-order valence-electron chi connectivity index (χ4n) is 1.63. The highest BCUT2D eigenvalue weighted by molar-refractivity contribution is 7.95. The van der Waals surface area contributed by atoms with Crippen molar-refractivity contribution in [1.29, 1.82) is 0 Å². The third-order valence-corrected chi connectivity index (χ3v) is 4.32. The Morgan fingerprint density at radius 3 is 2.67 bits per heavy atom. The molecule has 0 bridgehead atoms. The molecule has 1 aliphatic rings. The Balaban J connectivity index is 2.41. The summed E-state index contributed by atoms with van der Waals surface area (Å²) in [5.41, 5.74) is 0.797. The van der Waals surface area contributed by atoms with Crippen molar-refractivity contribution in [3.8, 4) is 0 Å². The van der Waals surface area contributed by atoms with Crippen LogP contribution < -0.4 is 5.32 Å². The molecule has 4 heteroatoms. The van der Waals surface area contributed by atoms with Crippen molar-refractivity contribution in [3.05, 3.63) is 34.7 Å². The van der Waals surface area contributed by atoms with Gasteiger partial charge in [-0.25, -0.2) is 8.42 Å². The van der Waals surface area contributed by atoms with Crippen LogP contribution in [0.4, 0.5) is 0 Å². The van der Waals surface area contributed by atoms with Gasteiger partial charge < -0.3 is 5.32 Å². The van der Waals surface area contributed by atoms with Crippen molar-refractivity contribution < 1.29 is 8.42 Å². The van der Waals surface area contributed by atoms with E-state index >= 15 is 0 Å². The molecule has 0 aromatic heterocycles. The van der Waals surface area contributed by atoms with Crippen LogP contribution in [0, 0.1) is 0 Å². The minimum atomic E-state index is -3.22. The van der Waals surface area contributed by atoms with E-state index in [4.69, 9.17) is 0 Å². The predicted octanol–water partition coefficient (Wildman–Crippen LogP) is 1.42. The molecule has 0 unspecified atom stereocenters. The maximum atomic E-state index is 12.0. The predicted molar refractivity (Wildman–Crippen MR) is 60.1 cm³/mol. The van der Waals surface area contributed by atoms with E-state index in [0.29, 0.717) is 16.3 Å². The van der Waals surface area contributed by atoms with Gasteiger partial charge in [-0.05, 0) is 24.3 Å². The standard InChI is InChI=1S/C11H13NO2S/c1-2-12-8-10-7-9-5-3-4-6-11(9)15(10,13)14/h3-7,12H,2,8H2,1H3. The smallest absolute Gasteiger partial charge is 0.204 e. The summed E-state index contributed by atoms with van der Waals surface area (Å²) in [7, 11) is -3.22. The fraction of sp³-hybridized carbons (Fsp3) is 0.273. The summed E-state index contributed by atoms with van der Waals surface area (Å²) >= 11 is 0. The molecule has 1 aromatic carbocycles. The maximum absolute atomic E-state index is 12.0. The van der Waals surface area contributed by atoms with Gasteiger partial charge in [-0.15, -0.1) is 0 Å². The van der Waals surface area contributed by atoms with Crippen LogP contribution >= 0.6 is 0 Å². The van der Waals surface area contributed by atoms with Crippen molar-refractivity contribution in [2.45, 2.75) is 11.8 Å². The Morgan fingerprint density at radius 1 is 1.27 bits per heavy atom. The number of benzene rings is 1. The summed E-state index contributed by atoms with van der Waals surface area (Å²) in [4.78, 5) is 0.892. The first kappa shape index (κ1) is 10.4. The molecule has 0 atom stereocenters. The quantitative estimate of drug-likeness (QED) is 0.843. The average Bonchev–Trinajstić information content (AvgIpc) is 2.48. The molecule has 0 saturated heterocycles. The highest BCUT2D eigenvalue weighted by atomic mass is 32.2. The Kier molecular flexibility index (Phi) is 2.63. The first-order chi connectivity index (χ1) is 7.16. The van der Waals surface area contributed by atoms with Gasteiger partial charge in [0.1, 0.15) is 0 Å². The fourth-order valence-corrected chi connectivity index (χ4v) is 3.18. The molecule has 80 valence electrons. The molecular formula is C11H13NO2S. The zero-order chi connectivity index (χ0) is 10.9. The van der Waals surface area contributed by atoms with E-state index in [9.17, 15) is 8.42 Å². The van der Waals surface area contributed by atoms with Crippen LogP contribution in [0.5, 0.6) is 0 Å². The van der Waals surface area contributed by atoms with Crippen LogP contribution in [0.1, 0.15) is 12.5 Å². The lowest BCUT2D eigenvalue weighted by molar-refractivity contribution is 0.601. The molecule has 0 radical (unpaired) electrons. The Hall–Kier alpha value is -1.13. The molecule has 15 heavy (non-hydrogen) atoms. The summed E-state index contributed by atoms with van der Waals surface area (Å²) in [6.45, 7) is 3.13. The van der Waals surface area contributed by atoms with Gasteiger partial charge in [0.05, 0.1) is 9.80 Å². The number of hydrogen-bond acceptors (Lipinski definition) is 3. The van der Waals surface area contributed by atoms with Gasteiger partial charge in [0.2, 0.25) is 9.84 Å². The summed E-state index contributed by atoms with van der Waals surface area (Å²) in [5.74, 6) is 0. The second-order valence-corrected chi connectivity index (χ2v) is 5.40. The zero-order valence-corrected chi connectivity index (χ0v) is 9.34. The summed E-state index contributed by atoms with van der Waals surface area (Å²) in [6, 6.07) is 7.08. The van der Waals surface area contributed by atoms with Gasteiger partial charge >= 0.3 is 0 Å². The molecule has 2 rings (SSSR count). The van der Waals surface area contributed by atoms with Gasteiger partial charge in [-0.3, -0.25) is 0 Å². The topological polar surface area (TPSA) is 46.2 Å². The number of hydrogen-bond donors (Lipinski definition) is 1. The Morgan fingerprint density at radius 2 is 2.00 bits per heavy atom. The van der Waals surface area contributed by atoms with E-state index in [0.717, 1.165) is 12.1 Å². The molecule has 1 heterocycles. The van der Waals surface area contributed by atoms with E-state index in [1.165, 1.54) is 0 Å². The lowest BCUT2D eigenvalue weighted by Gasteiger charge is -2.03. The van der Waals surface area contributed by atoms with Crippen molar-refractivity contribution in [3.63, 3.8) is 0 Å². The van der Waals surface area contributed by atoms with Crippen molar-refractivity contribution in [2.24, 2.45) is 0 Å². The third-order valence-electron chi connectivity index (χ3n) is 2.42. The molecule has 0 saturated carbocycles. The number of likely N-dealkylation sites (N-methyl/N-ethyl adjacent to an activating group) is 1. The minimum Gasteiger partial charge on any atom is -0.312 e. The number of rotatable bonds is 3. The first-order valence-electron chi connectivity index (χ1n) is 4.91. The van der Waals surface area contributed by atoms with E-state index < -0.39 is 9.84 Å². The van der Waals surface area contributed by atoms with Gasteiger partial charge in [-0.2, -0.15) is 0 Å². The monoisotopic (exact) mass is 223 g/mol. The van der Waals surface area contributed by atoms with E-state index in [1.54, 1.807) is 18.2 Å². The maximum Gasteiger partial charge on any atom is 0.204 e. The molecule has 1 aliphatic heterocycles. The van der Waals surface area contributed by atoms with Crippen molar-refractivity contribution >= 4 is 15.9 Å². The molecule has 1 aromatic rings. The molecular weight excluding hydrogens is 210 g/mol. The molecule has 0 aliphatic carbocycles. The van der Waals surface area contributed by atoms with Gasteiger partial charge in [0.15, 0.2) is 0 Å². The van der Waals surface area contributed by atoms with E-state index in [2.05, 4.69) is 5.32 Å². The number of nitrogens with one attached hydrogen (secondary N) is 1. The van der Waals surface area contributed by atoms with Crippen molar-refractivity contribution in [1.82, 2.24) is 5.32 Å². The average molecular weight is 223 g/mol. The molecule has 0 amide bonds. The van der Waals surface area contributed by atoms with Gasteiger partial charge in [0, 0.05) is 6.54 Å². The second kappa shape index (κ2) is 3.79. The Bertz CT molecular complexity index is 503. The van der Waals surface area contributed by atoms with Crippen LogP contribution in [-0.2, 0) is 9.84 Å². The lowest BCUT2D eigenvalue weighted by atomic mass is 10.2. The number of sulfone groups is 1. The molecule has 0 fully saturated rings. The van der Waals surface area contributed by atoms with Crippen LogP contribution in [0.15, 0.2) is 34.1 Å². The van der Waals surface area contributed by atoms with E-state index in [-0.39, 0.29) is 0 Å². The van der Waals surface area contributed by atoms with Gasteiger partial charge in [-0.1, -0.05) is 25.1 Å². The molecule has 3 nitrogen and oxygen atoms in total. The summed E-state index contributed by atoms with van der Waals surface area (Å²) in [6.07, 6.45) is 1.74. The second-order valence-electron chi connectivity index (χ2n) is 3.43. The molecule has 0 spiro atoms. The molecule has 1 N–H and O–H groups in total.